The Labute approximate surface area is 144 Å². The van der Waals surface area contributed by atoms with Crippen molar-refractivity contribution in [3.05, 3.63) is 33.8 Å². The molecule has 0 spiro atoms. The van der Waals surface area contributed by atoms with E-state index < -0.39 is 5.97 Å². The van der Waals surface area contributed by atoms with Gasteiger partial charge in [-0.1, -0.05) is 29.3 Å². The number of hydrogen-bond acceptors (Lipinski definition) is 6. The number of benzene rings is 1. The number of hydrogen-bond donors (Lipinski definition) is 3. The largest absolute Gasteiger partial charge is 0.481 e. The van der Waals surface area contributed by atoms with E-state index in [9.17, 15) is 4.79 Å². The van der Waals surface area contributed by atoms with E-state index in [1.54, 1.807) is 12.1 Å². The second kappa shape index (κ2) is 8.59. The highest BCUT2D eigenvalue weighted by molar-refractivity contribution is 6.35. The van der Waals surface area contributed by atoms with Crippen LogP contribution in [0.5, 0.6) is 0 Å². The third kappa shape index (κ3) is 6.75. The quantitative estimate of drug-likeness (QED) is 0.746. The molecule has 1 unspecified atom stereocenters. The molecule has 0 bridgehead atoms. The van der Waals surface area contributed by atoms with Gasteiger partial charge in [-0.2, -0.15) is 0 Å². The predicted molar refractivity (Wildman–Crippen MR) is 93.1 cm³/mol. The van der Waals surface area contributed by atoms with Crippen molar-refractivity contribution in [2.75, 3.05) is 14.1 Å². The van der Waals surface area contributed by atoms with Gasteiger partial charge in [0.05, 0.1) is 6.42 Å². The van der Waals surface area contributed by atoms with E-state index in [0.717, 1.165) is 5.96 Å². The molecule has 0 aliphatic carbocycles. The Morgan fingerprint density at radius 3 is 2.52 bits per heavy atom. The molecule has 1 atom stereocenters. The Balaban J connectivity index is 0.000000231. The van der Waals surface area contributed by atoms with Crippen molar-refractivity contribution in [1.82, 2.24) is 10.2 Å². The molecule has 4 N–H and O–H groups in total. The lowest BCUT2D eigenvalue weighted by Gasteiger charge is -2.21. The first-order valence-electron chi connectivity index (χ1n) is 6.70. The van der Waals surface area contributed by atoms with Crippen LogP contribution in [-0.2, 0) is 11.2 Å². The molecule has 0 radical (unpaired) electrons. The van der Waals surface area contributed by atoms with Crippen LogP contribution in [0.4, 0.5) is 0 Å². The fraction of sp³-hybridized carbons (Fsp3) is 0.357. The topological polar surface area (TPSA) is 103 Å². The van der Waals surface area contributed by atoms with Gasteiger partial charge in [-0.25, -0.2) is 9.98 Å². The predicted octanol–water partition coefficient (Wildman–Crippen LogP) is 1.79. The Morgan fingerprint density at radius 2 is 2.04 bits per heavy atom. The standard InChI is InChI=1S/C8H6Cl2O2.C6H13N5/c9-6-2-1-5(3-8(11)12)7(10)4-6;1-4-8-5(7)10-6(9-4)11(2)3/h1-2,4H,3H2,(H,11,12);4H,1-3H3,(H3,7,8,9,10). The zero-order chi connectivity index (χ0) is 17.6. The lowest BCUT2D eigenvalue weighted by Crippen LogP contribution is -2.47. The monoisotopic (exact) mass is 359 g/mol. The highest BCUT2D eigenvalue weighted by Gasteiger charge is 2.11. The van der Waals surface area contributed by atoms with Crippen molar-refractivity contribution in [1.29, 1.82) is 0 Å². The fourth-order valence-electron chi connectivity index (χ4n) is 1.64. The average molecular weight is 360 g/mol. The molecular formula is C14H19Cl2N5O2. The third-order valence-corrected chi connectivity index (χ3v) is 3.24. The molecule has 0 saturated carbocycles. The van der Waals surface area contributed by atoms with Gasteiger partial charge in [0, 0.05) is 24.1 Å². The molecule has 23 heavy (non-hydrogen) atoms. The lowest BCUT2D eigenvalue weighted by atomic mass is 10.1. The summed E-state index contributed by atoms with van der Waals surface area (Å²) >= 11 is 11.3. The van der Waals surface area contributed by atoms with Crippen molar-refractivity contribution < 1.29 is 9.90 Å². The first-order chi connectivity index (χ1) is 10.7. The van der Waals surface area contributed by atoms with E-state index in [-0.39, 0.29) is 12.6 Å². The molecule has 1 aromatic carbocycles. The SMILES string of the molecule is CC1N=C(N)NC(N(C)C)=N1.O=C(O)Cc1ccc(Cl)cc1Cl. The number of rotatable bonds is 2. The Hall–Kier alpha value is -1.99. The van der Waals surface area contributed by atoms with Crippen LogP contribution in [-0.4, -0.2) is 48.2 Å². The molecule has 0 aromatic heterocycles. The summed E-state index contributed by atoms with van der Waals surface area (Å²) < 4.78 is 0. The number of nitrogens with two attached hydrogens (primary N) is 1. The molecule has 1 aliphatic rings. The minimum absolute atomic E-state index is 0.0734. The maximum Gasteiger partial charge on any atom is 0.307 e. The summed E-state index contributed by atoms with van der Waals surface area (Å²) in [6.45, 7) is 1.89. The van der Waals surface area contributed by atoms with E-state index in [1.165, 1.54) is 6.07 Å². The van der Waals surface area contributed by atoms with Crippen LogP contribution < -0.4 is 11.1 Å². The molecule has 1 aromatic rings. The van der Waals surface area contributed by atoms with Crippen LogP contribution in [0.2, 0.25) is 10.0 Å². The number of halogens is 2. The third-order valence-electron chi connectivity index (χ3n) is 2.66. The average Bonchev–Trinajstić information content (AvgIpc) is 2.41. The number of guanidine groups is 2. The van der Waals surface area contributed by atoms with Crippen LogP contribution in [0.15, 0.2) is 28.2 Å². The molecular weight excluding hydrogens is 341 g/mol. The number of carbonyl (C=O) groups is 1. The smallest absolute Gasteiger partial charge is 0.307 e. The van der Waals surface area contributed by atoms with Crippen molar-refractivity contribution in [3.8, 4) is 0 Å². The van der Waals surface area contributed by atoms with Gasteiger partial charge in [0.25, 0.3) is 0 Å². The molecule has 7 nitrogen and oxygen atoms in total. The summed E-state index contributed by atoms with van der Waals surface area (Å²) in [5, 5.41) is 12.2. The van der Waals surface area contributed by atoms with Crippen LogP contribution in [0.25, 0.3) is 0 Å². The zero-order valence-electron chi connectivity index (χ0n) is 13.0. The molecule has 0 saturated heterocycles. The van der Waals surface area contributed by atoms with Crippen LogP contribution in [0.3, 0.4) is 0 Å². The Bertz CT molecular complexity index is 632. The maximum absolute atomic E-state index is 10.3. The molecule has 2 rings (SSSR count). The van der Waals surface area contributed by atoms with Gasteiger partial charge in [-0.15, -0.1) is 0 Å². The highest BCUT2D eigenvalue weighted by Crippen LogP contribution is 2.21. The van der Waals surface area contributed by atoms with Crippen LogP contribution in [0, 0.1) is 0 Å². The summed E-state index contributed by atoms with van der Waals surface area (Å²) in [4.78, 5) is 20.4. The fourth-order valence-corrected chi connectivity index (χ4v) is 2.12. The number of nitrogens with one attached hydrogen (secondary N) is 1. The van der Waals surface area contributed by atoms with Gasteiger partial charge in [-0.05, 0) is 24.6 Å². The normalized spacial score (nSPS) is 16.3. The zero-order valence-corrected chi connectivity index (χ0v) is 14.6. The van der Waals surface area contributed by atoms with Gasteiger partial charge in [0.1, 0.15) is 6.17 Å². The van der Waals surface area contributed by atoms with E-state index >= 15 is 0 Å². The summed E-state index contributed by atoms with van der Waals surface area (Å²) in [5.41, 5.74) is 6.06. The van der Waals surface area contributed by atoms with Gasteiger partial charge >= 0.3 is 5.97 Å². The molecule has 0 fully saturated rings. The number of carboxylic acids is 1. The Kier molecular flexibility index (Phi) is 7.12. The molecule has 1 aliphatic heterocycles. The van der Waals surface area contributed by atoms with Crippen LogP contribution in [0.1, 0.15) is 12.5 Å². The van der Waals surface area contributed by atoms with Gasteiger partial charge in [-0.3, -0.25) is 10.1 Å². The minimum atomic E-state index is -0.903. The van der Waals surface area contributed by atoms with Gasteiger partial charge < -0.3 is 15.7 Å². The number of aliphatic carboxylic acids is 1. The summed E-state index contributed by atoms with van der Waals surface area (Å²) in [6.07, 6.45) is -0.149. The minimum Gasteiger partial charge on any atom is -0.481 e. The van der Waals surface area contributed by atoms with Crippen molar-refractivity contribution in [2.24, 2.45) is 15.7 Å². The second-order valence-corrected chi connectivity index (χ2v) is 5.77. The molecule has 126 valence electrons. The van der Waals surface area contributed by atoms with E-state index in [2.05, 4.69) is 15.3 Å². The molecule has 1 heterocycles. The van der Waals surface area contributed by atoms with E-state index in [1.807, 2.05) is 25.9 Å². The van der Waals surface area contributed by atoms with Gasteiger partial charge in [0.2, 0.25) is 5.96 Å². The summed E-state index contributed by atoms with van der Waals surface area (Å²) in [6, 6.07) is 4.76. The first-order valence-corrected chi connectivity index (χ1v) is 7.45. The van der Waals surface area contributed by atoms with Crippen LogP contribution >= 0.6 is 23.2 Å². The molecule has 9 heteroatoms. The number of carboxylic acid groups (broad SMARTS) is 1. The second-order valence-electron chi connectivity index (χ2n) is 4.92. The van der Waals surface area contributed by atoms with Gasteiger partial charge in [0.15, 0.2) is 5.96 Å². The number of nitrogens with zero attached hydrogens (tertiary/aromatic N) is 3. The van der Waals surface area contributed by atoms with E-state index in [4.69, 9.17) is 34.0 Å². The van der Waals surface area contributed by atoms with Crippen molar-refractivity contribution in [3.63, 3.8) is 0 Å². The summed E-state index contributed by atoms with van der Waals surface area (Å²) in [5.74, 6) is 0.278. The van der Waals surface area contributed by atoms with Crippen molar-refractivity contribution in [2.45, 2.75) is 19.5 Å². The van der Waals surface area contributed by atoms with Crippen molar-refractivity contribution >= 4 is 41.1 Å². The highest BCUT2D eigenvalue weighted by atomic mass is 35.5. The molecule has 0 amide bonds. The first kappa shape index (κ1) is 19.1. The summed E-state index contributed by atoms with van der Waals surface area (Å²) in [7, 11) is 3.80. The van der Waals surface area contributed by atoms with E-state index in [0.29, 0.717) is 21.6 Å². The Morgan fingerprint density at radius 1 is 1.39 bits per heavy atom. The number of aliphatic imine (C=N–C) groups is 2. The lowest BCUT2D eigenvalue weighted by molar-refractivity contribution is -0.136. The maximum atomic E-state index is 10.3.